The van der Waals surface area contributed by atoms with Crippen molar-refractivity contribution in [3.63, 3.8) is 0 Å². The van der Waals surface area contributed by atoms with E-state index < -0.39 is 63.1 Å². The molecular formula is C45H77O12P. The molecule has 1 rings (SSSR count). The molecule has 6 unspecified atom stereocenters. The third-order valence-corrected chi connectivity index (χ3v) is 10.5. The summed E-state index contributed by atoms with van der Waals surface area (Å²) in [6, 6.07) is 0. The van der Waals surface area contributed by atoms with Crippen LogP contribution in [0.5, 0.6) is 0 Å². The number of allylic oxidation sites excluding steroid dienone is 12. The Morgan fingerprint density at radius 1 is 0.569 bits per heavy atom. The van der Waals surface area contributed by atoms with Crippen LogP contribution in [0.25, 0.3) is 0 Å². The first-order valence-corrected chi connectivity index (χ1v) is 23.3. The second-order valence-corrected chi connectivity index (χ2v) is 16.2. The van der Waals surface area contributed by atoms with Crippen molar-refractivity contribution in [3.8, 4) is 0 Å². The zero-order chi connectivity index (χ0) is 42.7. The van der Waals surface area contributed by atoms with Crippen LogP contribution in [0, 0.1) is 0 Å². The summed E-state index contributed by atoms with van der Waals surface area (Å²) < 4.78 is 34.1. The van der Waals surface area contributed by atoms with Gasteiger partial charge < -0.3 is 39.9 Å². The van der Waals surface area contributed by atoms with Crippen molar-refractivity contribution in [1.29, 1.82) is 0 Å². The van der Waals surface area contributed by atoms with E-state index in [0.717, 1.165) is 89.9 Å². The van der Waals surface area contributed by atoms with Gasteiger partial charge in [0.25, 0.3) is 0 Å². The van der Waals surface area contributed by atoms with Gasteiger partial charge in [-0.2, -0.15) is 0 Å². The lowest BCUT2D eigenvalue weighted by Gasteiger charge is -2.41. The van der Waals surface area contributed by atoms with Crippen molar-refractivity contribution in [2.75, 3.05) is 19.8 Å². The molecule has 12 nitrogen and oxygen atoms in total. The van der Waals surface area contributed by atoms with Gasteiger partial charge in [-0.05, 0) is 77.0 Å². The minimum atomic E-state index is -5.03. The first-order valence-electron chi connectivity index (χ1n) is 21.8. The normalized spacial score (nSPS) is 23.4. The molecule has 0 aliphatic heterocycles. The van der Waals surface area contributed by atoms with Crippen LogP contribution >= 0.6 is 7.82 Å². The Morgan fingerprint density at radius 3 is 1.57 bits per heavy atom. The van der Waals surface area contributed by atoms with E-state index in [1.807, 2.05) is 0 Å². The summed E-state index contributed by atoms with van der Waals surface area (Å²) >= 11 is 0. The number of esters is 1. The SMILES string of the molecule is CC/C=C\C/C=C\C/C=C\C/C=C\C/C=C\CCCCCC(=O)OC(COCCCCCCCC/C=C\CCCC)COP(=O)(O)OC1C(O)C(O)C(O)C(O)C1O. The van der Waals surface area contributed by atoms with E-state index in [2.05, 4.69) is 86.8 Å². The summed E-state index contributed by atoms with van der Waals surface area (Å²) in [6.07, 6.45) is 32.6. The number of carbonyl (C=O) groups is 1. The highest BCUT2D eigenvalue weighted by molar-refractivity contribution is 7.47. The minimum absolute atomic E-state index is 0.0987. The van der Waals surface area contributed by atoms with E-state index in [9.17, 15) is 39.8 Å². The molecule has 6 atom stereocenters. The zero-order valence-electron chi connectivity index (χ0n) is 35.3. The average Bonchev–Trinajstić information content (AvgIpc) is 3.21. The highest BCUT2D eigenvalue weighted by Gasteiger charge is 2.51. The van der Waals surface area contributed by atoms with E-state index in [1.54, 1.807) is 0 Å². The number of aliphatic hydroxyl groups is 5. The Bertz CT molecular complexity index is 1230. The summed E-state index contributed by atoms with van der Waals surface area (Å²) in [4.78, 5) is 23.1. The van der Waals surface area contributed by atoms with Crippen molar-refractivity contribution in [1.82, 2.24) is 0 Å². The zero-order valence-corrected chi connectivity index (χ0v) is 36.2. The third-order valence-electron chi connectivity index (χ3n) is 9.56. The number of ether oxygens (including phenoxy) is 2. The molecule has 0 amide bonds. The lowest BCUT2D eigenvalue weighted by Crippen LogP contribution is -2.64. The predicted molar refractivity (Wildman–Crippen MR) is 230 cm³/mol. The molecule has 0 aromatic carbocycles. The van der Waals surface area contributed by atoms with Crippen LogP contribution in [0.15, 0.2) is 72.9 Å². The molecule has 1 aliphatic rings. The second-order valence-electron chi connectivity index (χ2n) is 14.8. The van der Waals surface area contributed by atoms with Crippen LogP contribution in [0.3, 0.4) is 0 Å². The number of unbranched alkanes of at least 4 members (excludes halogenated alkanes) is 11. The molecule has 0 bridgehead atoms. The van der Waals surface area contributed by atoms with Crippen molar-refractivity contribution >= 4 is 13.8 Å². The molecule has 0 radical (unpaired) electrons. The molecule has 58 heavy (non-hydrogen) atoms. The highest BCUT2D eigenvalue weighted by Crippen LogP contribution is 2.47. The van der Waals surface area contributed by atoms with Gasteiger partial charge in [0, 0.05) is 13.0 Å². The molecule has 1 aliphatic carbocycles. The van der Waals surface area contributed by atoms with Crippen molar-refractivity contribution in [3.05, 3.63) is 72.9 Å². The molecule has 0 heterocycles. The van der Waals surface area contributed by atoms with Crippen LogP contribution in [-0.4, -0.2) is 98.9 Å². The molecule has 6 N–H and O–H groups in total. The Kier molecular flexibility index (Phi) is 33.0. The average molecular weight is 841 g/mol. The van der Waals surface area contributed by atoms with Crippen LogP contribution < -0.4 is 0 Å². The standard InChI is InChI=1S/C45H77O12P/c1-3-5-7-9-11-13-15-17-18-19-20-21-22-23-24-26-28-30-32-34-39(46)56-38(36-54-35-33-31-29-27-25-16-14-12-10-8-6-4-2)37-55-58(52,53)57-45-43(50)41(48)40(47)42(49)44(45)51/h5,7,10-13,17-18,20-21,23-24,38,40-45,47-51H,3-4,6,8-9,14-16,19,22,25-37H2,1-2H3,(H,52,53)/b7-5-,12-10-,13-11-,18-17-,21-20-,24-23-. The molecule has 0 spiro atoms. The number of aliphatic hydroxyl groups excluding tert-OH is 5. The first kappa shape index (κ1) is 53.8. The smallest absolute Gasteiger partial charge is 0.457 e. The molecule has 0 aromatic heterocycles. The largest absolute Gasteiger partial charge is 0.472 e. The maximum Gasteiger partial charge on any atom is 0.472 e. The maximum absolute atomic E-state index is 12.8. The Morgan fingerprint density at radius 2 is 1.02 bits per heavy atom. The summed E-state index contributed by atoms with van der Waals surface area (Å²) in [5.41, 5.74) is 0. The summed E-state index contributed by atoms with van der Waals surface area (Å²) in [5.74, 6) is -0.515. The van der Waals surface area contributed by atoms with Crippen LogP contribution in [0.4, 0.5) is 0 Å². The quantitative estimate of drug-likeness (QED) is 0.0155. The second kappa shape index (κ2) is 35.5. The molecule has 0 saturated heterocycles. The van der Waals surface area contributed by atoms with Gasteiger partial charge in [-0.3, -0.25) is 13.8 Å². The number of carbonyl (C=O) groups excluding carboxylic acids is 1. The summed E-state index contributed by atoms with van der Waals surface area (Å²) in [6.45, 7) is 4.03. The van der Waals surface area contributed by atoms with E-state index in [1.165, 1.54) is 25.7 Å². The van der Waals surface area contributed by atoms with Gasteiger partial charge in [0.05, 0.1) is 13.2 Å². The van der Waals surface area contributed by atoms with Crippen LogP contribution in [0.1, 0.15) is 142 Å². The summed E-state index contributed by atoms with van der Waals surface area (Å²) in [7, 11) is -5.03. The van der Waals surface area contributed by atoms with Crippen molar-refractivity contribution < 1.29 is 58.3 Å². The number of phosphoric acid groups is 1. The van der Waals surface area contributed by atoms with Gasteiger partial charge in [-0.25, -0.2) is 4.57 Å². The lowest BCUT2D eigenvalue weighted by molar-refractivity contribution is -0.220. The fourth-order valence-corrected chi connectivity index (χ4v) is 7.04. The number of hydrogen-bond acceptors (Lipinski definition) is 11. The number of phosphoric ester groups is 1. The van der Waals surface area contributed by atoms with E-state index in [0.29, 0.717) is 13.0 Å². The van der Waals surface area contributed by atoms with Crippen LogP contribution in [0.2, 0.25) is 0 Å². The Labute approximate surface area is 349 Å². The fraction of sp³-hybridized carbons (Fsp3) is 0.711. The molecule has 1 fully saturated rings. The van der Waals surface area contributed by atoms with E-state index >= 15 is 0 Å². The predicted octanol–water partition coefficient (Wildman–Crippen LogP) is 8.41. The molecule has 334 valence electrons. The fourth-order valence-electron chi connectivity index (χ4n) is 6.07. The third kappa shape index (κ3) is 27.5. The Balaban J connectivity index is 2.46. The number of rotatable bonds is 35. The van der Waals surface area contributed by atoms with E-state index in [4.69, 9.17) is 18.5 Å². The monoisotopic (exact) mass is 841 g/mol. The molecular weight excluding hydrogens is 763 g/mol. The molecule has 13 heteroatoms. The van der Waals surface area contributed by atoms with Gasteiger partial charge in [0.1, 0.15) is 42.7 Å². The maximum atomic E-state index is 12.8. The number of hydrogen-bond donors (Lipinski definition) is 6. The van der Waals surface area contributed by atoms with Gasteiger partial charge in [-0.1, -0.05) is 132 Å². The van der Waals surface area contributed by atoms with Crippen molar-refractivity contribution in [2.24, 2.45) is 0 Å². The molecule has 0 aromatic rings. The van der Waals surface area contributed by atoms with Gasteiger partial charge in [0.2, 0.25) is 0 Å². The van der Waals surface area contributed by atoms with E-state index in [-0.39, 0.29) is 13.0 Å². The van der Waals surface area contributed by atoms with Crippen molar-refractivity contribution in [2.45, 2.75) is 185 Å². The lowest BCUT2D eigenvalue weighted by atomic mass is 9.85. The van der Waals surface area contributed by atoms with Gasteiger partial charge >= 0.3 is 13.8 Å². The Hall–Kier alpha value is -2.22. The van der Waals surface area contributed by atoms with Gasteiger partial charge in [-0.15, -0.1) is 0 Å². The van der Waals surface area contributed by atoms with Gasteiger partial charge in [0.15, 0.2) is 0 Å². The summed E-state index contributed by atoms with van der Waals surface area (Å²) in [5, 5.41) is 50.1. The first-order chi connectivity index (χ1) is 28.0. The minimum Gasteiger partial charge on any atom is -0.457 e. The molecule has 1 saturated carbocycles. The topological polar surface area (TPSA) is 192 Å². The highest BCUT2D eigenvalue weighted by atomic mass is 31.2. The van der Waals surface area contributed by atoms with Crippen LogP contribution in [-0.2, 0) is 27.9 Å².